The summed E-state index contributed by atoms with van der Waals surface area (Å²) in [6.45, 7) is -0.276. The van der Waals surface area contributed by atoms with Crippen LogP contribution in [0.1, 0.15) is 19.3 Å². The van der Waals surface area contributed by atoms with Crippen LogP contribution in [0.4, 0.5) is 0 Å². The molecule has 1 rings (SSSR count). The molecule has 0 aliphatic heterocycles. The Morgan fingerprint density at radius 2 is 2.19 bits per heavy atom. The molecule has 16 heavy (non-hydrogen) atoms. The summed E-state index contributed by atoms with van der Waals surface area (Å²) in [6, 6.07) is 0. The molecule has 7 heteroatoms. The van der Waals surface area contributed by atoms with Gasteiger partial charge in [0.25, 0.3) is 0 Å². The number of ether oxygens (including phenoxy) is 1. The van der Waals surface area contributed by atoms with Crippen molar-refractivity contribution in [2.24, 2.45) is 5.92 Å². The van der Waals surface area contributed by atoms with Crippen molar-refractivity contribution in [2.45, 2.75) is 24.5 Å². The van der Waals surface area contributed by atoms with Crippen molar-refractivity contribution in [2.75, 3.05) is 20.3 Å². The van der Waals surface area contributed by atoms with Crippen LogP contribution in [0.15, 0.2) is 0 Å². The molecule has 0 bridgehead atoms. The summed E-state index contributed by atoms with van der Waals surface area (Å²) >= 11 is 0. The molecule has 2 atom stereocenters. The standard InChI is InChI=1S/C9H17NO5S/c1-15-9(12)7-3-2-4-8(7)16(13,14)10-5-6-11/h7-8,10-11H,2-6H2,1H3. The smallest absolute Gasteiger partial charge is 0.310 e. The summed E-state index contributed by atoms with van der Waals surface area (Å²) in [6.07, 6.45) is 1.70. The Bertz CT molecular complexity index is 340. The van der Waals surface area contributed by atoms with Crippen LogP contribution < -0.4 is 4.72 Å². The Balaban J connectivity index is 2.74. The molecule has 94 valence electrons. The Morgan fingerprint density at radius 3 is 2.75 bits per heavy atom. The van der Waals surface area contributed by atoms with Gasteiger partial charge >= 0.3 is 5.97 Å². The molecule has 0 amide bonds. The van der Waals surface area contributed by atoms with Crippen LogP contribution in [0.2, 0.25) is 0 Å². The van der Waals surface area contributed by atoms with Crippen LogP contribution in [-0.2, 0) is 19.6 Å². The van der Waals surface area contributed by atoms with E-state index in [1.165, 1.54) is 7.11 Å². The number of sulfonamides is 1. The zero-order valence-corrected chi connectivity index (χ0v) is 10.00. The Hall–Kier alpha value is -0.660. The van der Waals surface area contributed by atoms with Crippen LogP contribution in [0.5, 0.6) is 0 Å². The lowest BCUT2D eigenvalue weighted by molar-refractivity contribution is -0.145. The fourth-order valence-electron chi connectivity index (χ4n) is 2.01. The summed E-state index contributed by atoms with van der Waals surface area (Å²) in [4.78, 5) is 11.4. The Labute approximate surface area is 95.0 Å². The number of esters is 1. The van der Waals surface area contributed by atoms with E-state index in [4.69, 9.17) is 5.11 Å². The predicted molar refractivity (Wildman–Crippen MR) is 57.2 cm³/mol. The molecule has 1 fully saturated rings. The van der Waals surface area contributed by atoms with Gasteiger partial charge in [0, 0.05) is 6.54 Å². The third-order valence-corrected chi connectivity index (χ3v) is 4.74. The van der Waals surface area contributed by atoms with E-state index in [1.807, 2.05) is 0 Å². The quantitative estimate of drug-likeness (QED) is 0.627. The fraction of sp³-hybridized carbons (Fsp3) is 0.889. The maximum atomic E-state index is 11.8. The zero-order valence-electron chi connectivity index (χ0n) is 9.18. The van der Waals surface area contributed by atoms with Gasteiger partial charge in [-0.2, -0.15) is 0 Å². The average molecular weight is 251 g/mol. The van der Waals surface area contributed by atoms with E-state index in [0.29, 0.717) is 19.3 Å². The summed E-state index contributed by atoms with van der Waals surface area (Å²) in [7, 11) is -2.28. The molecule has 1 aliphatic rings. The van der Waals surface area contributed by atoms with Gasteiger partial charge in [-0.25, -0.2) is 13.1 Å². The van der Waals surface area contributed by atoms with Crippen molar-refractivity contribution in [1.82, 2.24) is 4.72 Å². The number of methoxy groups -OCH3 is 1. The molecule has 0 aromatic heterocycles. The molecule has 0 aromatic carbocycles. The van der Waals surface area contributed by atoms with E-state index >= 15 is 0 Å². The highest BCUT2D eigenvalue weighted by atomic mass is 32.2. The van der Waals surface area contributed by atoms with Crippen molar-refractivity contribution in [3.05, 3.63) is 0 Å². The Kier molecular flexibility index (Phi) is 4.69. The molecule has 0 radical (unpaired) electrons. The summed E-state index contributed by atoms with van der Waals surface area (Å²) in [5.41, 5.74) is 0. The van der Waals surface area contributed by atoms with Gasteiger partial charge in [-0.05, 0) is 12.8 Å². The highest BCUT2D eigenvalue weighted by Gasteiger charge is 2.41. The van der Waals surface area contributed by atoms with Crippen LogP contribution in [-0.4, -0.2) is 45.0 Å². The minimum atomic E-state index is -3.54. The van der Waals surface area contributed by atoms with E-state index in [1.54, 1.807) is 0 Å². The molecule has 0 spiro atoms. The number of aliphatic hydroxyl groups is 1. The number of hydrogen-bond donors (Lipinski definition) is 2. The second-order valence-electron chi connectivity index (χ2n) is 3.76. The number of aliphatic hydroxyl groups excluding tert-OH is 1. The maximum absolute atomic E-state index is 11.8. The second kappa shape index (κ2) is 5.60. The van der Waals surface area contributed by atoms with E-state index in [9.17, 15) is 13.2 Å². The van der Waals surface area contributed by atoms with Crippen LogP contribution in [0.25, 0.3) is 0 Å². The minimum absolute atomic E-state index is 0.0211. The Morgan fingerprint density at radius 1 is 1.50 bits per heavy atom. The molecular formula is C9H17NO5S. The molecule has 1 saturated carbocycles. The lowest BCUT2D eigenvalue weighted by atomic mass is 10.1. The van der Waals surface area contributed by atoms with Crippen molar-refractivity contribution in [1.29, 1.82) is 0 Å². The molecule has 0 saturated heterocycles. The normalized spacial score (nSPS) is 25.6. The molecule has 1 aliphatic carbocycles. The fourth-order valence-corrected chi connectivity index (χ4v) is 3.76. The van der Waals surface area contributed by atoms with Gasteiger partial charge in [0.2, 0.25) is 10.0 Å². The van der Waals surface area contributed by atoms with Crippen LogP contribution >= 0.6 is 0 Å². The van der Waals surface area contributed by atoms with Gasteiger partial charge in [-0.15, -0.1) is 0 Å². The summed E-state index contributed by atoms with van der Waals surface area (Å²) < 4.78 is 30.4. The number of rotatable bonds is 5. The third kappa shape index (κ3) is 2.93. The first-order valence-electron chi connectivity index (χ1n) is 5.20. The first-order valence-corrected chi connectivity index (χ1v) is 6.74. The monoisotopic (exact) mass is 251 g/mol. The highest BCUT2D eigenvalue weighted by molar-refractivity contribution is 7.90. The topological polar surface area (TPSA) is 92.7 Å². The largest absolute Gasteiger partial charge is 0.469 e. The number of carbonyl (C=O) groups excluding carboxylic acids is 1. The first kappa shape index (κ1) is 13.4. The second-order valence-corrected chi connectivity index (χ2v) is 5.75. The van der Waals surface area contributed by atoms with Crippen LogP contribution in [0, 0.1) is 5.92 Å². The summed E-state index contributed by atoms with van der Waals surface area (Å²) in [5.74, 6) is -1.06. The third-order valence-electron chi connectivity index (χ3n) is 2.77. The summed E-state index contributed by atoms with van der Waals surface area (Å²) in [5, 5.41) is 7.84. The molecule has 0 heterocycles. The zero-order chi connectivity index (χ0) is 12.2. The molecule has 0 aromatic rings. The van der Waals surface area contributed by atoms with Gasteiger partial charge < -0.3 is 9.84 Å². The predicted octanol–water partition coefficient (Wildman–Crippen LogP) is -0.760. The first-order chi connectivity index (χ1) is 7.53. The van der Waals surface area contributed by atoms with Gasteiger partial charge in [-0.1, -0.05) is 6.42 Å². The lowest BCUT2D eigenvalue weighted by Crippen LogP contribution is -2.40. The SMILES string of the molecule is COC(=O)C1CCCC1S(=O)(=O)NCCO. The molecule has 6 nitrogen and oxygen atoms in total. The van der Waals surface area contributed by atoms with Crippen molar-refractivity contribution in [3.8, 4) is 0 Å². The van der Waals surface area contributed by atoms with Crippen LogP contribution in [0.3, 0.4) is 0 Å². The van der Waals surface area contributed by atoms with Gasteiger partial charge in [0.15, 0.2) is 0 Å². The van der Waals surface area contributed by atoms with Gasteiger partial charge in [-0.3, -0.25) is 4.79 Å². The van der Waals surface area contributed by atoms with Crippen molar-refractivity contribution >= 4 is 16.0 Å². The minimum Gasteiger partial charge on any atom is -0.469 e. The number of carbonyl (C=O) groups is 1. The number of hydrogen-bond acceptors (Lipinski definition) is 5. The average Bonchev–Trinajstić information content (AvgIpc) is 2.75. The van der Waals surface area contributed by atoms with E-state index in [2.05, 4.69) is 9.46 Å². The van der Waals surface area contributed by atoms with Gasteiger partial charge in [0.1, 0.15) is 0 Å². The van der Waals surface area contributed by atoms with E-state index in [0.717, 1.165) is 0 Å². The maximum Gasteiger partial charge on any atom is 0.310 e. The van der Waals surface area contributed by atoms with Crippen molar-refractivity contribution < 1.29 is 23.1 Å². The van der Waals surface area contributed by atoms with E-state index < -0.39 is 27.2 Å². The van der Waals surface area contributed by atoms with Gasteiger partial charge in [0.05, 0.1) is 24.9 Å². The number of nitrogens with one attached hydrogen (secondary N) is 1. The van der Waals surface area contributed by atoms with E-state index in [-0.39, 0.29) is 13.2 Å². The molecular weight excluding hydrogens is 234 g/mol. The molecule has 2 unspecified atom stereocenters. The highest BCUT2D eigenvalue weighted by Crippen LogP contribution is 2.31. The molecule has 2 N–H and O–H groups in total. The van der Waals surface area contributed by atoms with Crippen molar-refractivity contribution in [3.63, 3.8) is 0 Å². The lowest BCUT2D eigenvalue weighted by Gasteiger charge is -2.18.